The Bertz CT molecular complexity index is 268. The number of aromatic nitrogens is 1. The third-order valence-electron chi connectivity index (χ3n) is 1.45. The van der Waals surface area contributed by atoms with Crippen molar-refractivity contribution in [2.75, 3.05) is 13.2 Å². The quantitative estimate of drug-likeness (QED) is 0.550. The SMILES string of the molecule is FC(F)COCCc1cnc(CCl)o1. The van der Waals surface area contributed by atoms with Crippen LogP contribution in [0.5, 0.6) is 0 Å². The second kappa shape index (κ2) is 5.93. The summed E-state index contributed by atoms with van der Waals surface area (Å²) in [5, 5.41) is 0. The van der Waals surface area contributed by atoms with Gasteiger partial charge in [-0.2, -0.15) is 0 Å². The summed E-state index contributed by atoms with van der Waals surface area (Å²) in [6.45, 7) is -0.349. The van der Waals surface area contributed by atoms with E-state index in [2.05, 4.69) is 9.72 Å². The highest BCUT2D eigenvalue weighted by Gasteiger charge is 2.04. The van der Waals surface area contributed by atoms with Crippen LogP contribution in [0.4, 0.5) is 8.78 Å². The molecule has 0 radical (unpaired) electrons. The Hall–Kier alpha value is -0.680. The van der Waals surface area contributed by atoms with Gasteiger partial charge in [-0.15, -0.1) is 11.6 Å². The molecule has 0 atom stereocenters. The molecule has 0 aromatic carbocycles. The van der Waals surface area contributed by atoms with Gasteiger partial charge in [-0.25, -0.2) is 13.8 Å². The molecular formula is C8H10ClF2NO2. The van der Waals surface area contributed by atoms with E-state index in [0.717, 1.165) is 0 Å². The van der Waals surface area contributed by atoms with Crippen LogP contribution in [0.25, 0.3) is 0 Å². The summed E-state index contributed by atoms with van der Waals surface area (Å²) in [6.07, 6.45) is -0.483. The lowest BCUT2D eigenvalue weighted by Crippen LogP contribution is -2.06. The minimum atomic E-state index is -2.43. The van der Waals surface area contributed by atoms with Crippen molar-refractivity contribution in [3.05, 3.63) is 17.8 Å². The second-order valence-corrected chi connectivity index (χ2v) is 2.84. The van der Waals surface area contributed by atoms with Crippen LogP contribution < -0.4 is 0 Å². The maximum absolute atomic E-state index is 11.6. The van der Waals surface area contributed by atoms with Gasteiger partial charge in [0.15, 0.2) is 0 Å². The molecule has 1 rings (SSSR count). The van der Waals surface area contributed by atoms with Crippen LogP contribution >= 0.6 is 11.6 Å². The van der Waals surface area contributed by atoms with Crippen molar-refractivity contribution < 1.29 is 17.9 Å². The summed E-state index contributed by atoms with van der Waals surface area (Å²) in [5.41, 5.74) is 0. The smallest absolute Gasteiger partial charge is 0.261 e. The summed E-state index contributed by atoms with van der Waals surface area (Å²) in [7, 11) is 0. The first-order valence-electron chi connectivity index (χ1n) is 4.08. The molecule has 0 aliphatic rings. The lowest BCUT2D eigenvalue weighted by molar-refractivity contribution is 0.0176. The fourth-order valence-electron chi connectivity index (χ4n) is 0.871. The molecule has 0 spiro atoms. The lowest BCUT2D eigenvalue weighted by atomic mass is 10.4. The molecule has 0 fully saturated rings. The van der Waals surface area contributed by atoms with Crippen molar-refractivity contribution in [2.45, 2.75) is 18.7 Å². The monoisotopic (exact) mass is 225 g/mol. The van der Waals surface area contributed by atoms with E-state index in [1.807, 2.05) is 0 Å². The molecule has 0 unspecified atom stereocenters. The third kappa shape index (κ3) is 4.02. The average Bonchev–Trinajstić information content (AvgIpc) is 2.60. The Balaban J connectivity index is 2.18. The van der Waals surface area contributed by atoms with Gasteiger partial charge in [0.1, 0.15) is 12.4 Å². The number of rotatable bonds is 6. The van der Waals surface area contributed by atoms with Crippen LogP contribution in [-0.4, -0.2) is 24.6 Å². The molecule has 0 aliphatic carbocycles. The molecule has 1 heterocycles. The topological polar surface area (TPSA) is 35.3 Å². The first-order valence-corrected chi connectivity index (χ1v) is 4.61. The molecule has 3 nitrogen and oxygen atoms in total. The van der Waals surface area contributed by atoms with Gasteiger partial charge in [-0.1, -0.05) is 0 Å². The van der Waals surface area contributed by atoms with Crippen molar-refractivity contribution in [3.8, 4) is 0 Å². The average molecular weight is 226 g/mol. The molecule has 0 aliphatic heterocycles. The van der Waals surface area contributed by atoms with E-state index in [1.165, 1.54) is 6.20 Å². The van der Waals surface area contributed by atoms with Crippen molar-refractivity contribution in [1.29, 1.82) is 0 Å². The number of ether oxygens (including phenoxy) is 1. The predicted octanol–water partition coefficient (Wildman–Crippen LogP) is 2.24. The van der Waals surface area contributed by atoms with Crippen LogP contribution in [-0.2, 0) is 17.0 Å². The molecule has 0 bridgehead atoms. The van der Waals surface area contributed by atoms with Crippen molar-refractivity contribution in [3.63, 3.8) is 0 Å². The highest BCUT2D eigenvalue weighted by atomic mass is 35.5. The lowest BCUT2D eigenvalue weighted by Gasteiger charge is -2.00. The summed E-state index contributed by atoms with van der Waals surface area (Å²) in [4.78, 5) is 3.85. The first-order chi connectivity index (χ1) is 6.72. The second-order valence-electron chi connectivity index (χ2n) is 2.57. The fraction of sp³-hybridized carbons (Fsp3) is 0.625. The Morgan fingerprint density at radius 2 is 2.36 bits per heavy atom. The maximum Gasteiger partial charge on any atom is 0.261 e. The van der Waals surface area contributed by atoms with Crippen molar-refractivity contribution in [1.82, 2.24) is 4.98 Å². The van der Waals surface area contributed by atoms with E-state index in [4.69, 9.17) is 16.0 Å². The fourth-order valence-corrected chi connectivity index (χ4v) is 0.994. The van der Waals surface area contributed by atoms with Gasteiger partial charge in [-0.3, -0.25) is 0 Å². The number of hydrogen-bond donors (Lipinski definition) is 0. The van der Waals surface area contributed by atoms with Gasteiger partial charge >= 0.3 is 0 Å². The van der Waals surface area contributed by atoms with Crippen LogP contribution in [0.3, 0.4) is 0 Å². The van der Waals surface area contributed by atoms with Crippen LogP contribution in [0.15, 0.2) is 10.6 Å². The Morgan fingerprint density at radius 3 is 2.93 bits per heavy atom. The van der Waals surface area contributed by atoms with E-state index >= 15 is 0 Å². The van der Waals surface area contributed by atoms with Gasteiger partial charge < -0.3 is 9.15 Å². The van der Waals surface area contributed by atoms with E-state index < -0.39 is 13.0 Å². The first kappa shape index (κ1) is 11.4. The Morgan fingerprint density at radius 1 is 1.57 bits per heavy atom. The largest absolute Gasteiger partial charge is 0.444 e. The number of oxazole rings is 1. The van der Waals surface area contributed by atoms with Crippen LogP contribution in [0.2, 0.25) is 0 Å². The Labute approximate surface area is 85.0 Å². The summed E-state index contributed by atoms with van der Waals surface area (Å²) >= 11 is 5.46. The zero-order chi connectivity index (χ0) is 10.4. The normalized spacial score (nSPS) is 11.1. The minimum absolute atomic E-state index is 0.196. The molecule has 1 aromatic heterocycles. The zero-order valence-electron chi connectivity index (χ0n) is 7.38. The highest BCUT2D eigenvalue weighted by molar-refractivity contribution is 6.16. The number of hydrogen-bond acceptors (Lipinski definition) is 3. The Kier molecular flexibility index (Phi) is 4.82. The standard InChI is InChI=1S/C8H10ClF2NO2/c9-3-8-12-4-6(14-8)1-2-13-5-7(10)11/h4,7H,1-3,5H2. The molecule has 14 heavy (non-hydrogen) atoms. The molecule has 6 heteroatoms. The number of nitrogens with zero attached hydrogens (tertiary/aromatic N) is 1. The highest BCUT2D eigenvalue weighted by Crippen LogP contribution is 2.06. The summed E-state index contributed by atoms with van der Waals surface area (Å²) in [6, 6.07) is 0. The minimum Gasteiger partial charge on any atom is -0.444 e. The van der Waals surface area contributed by atoms with Gasteiger partial charge in [0.25, 0.3) is 6.43 Å². The van der Waals surface area contributed by atoms with Crippen LogP contribution in [0.1, 0.15) is 11.7 Å². The van der Waals surface area contributed by atoms with Gasteiger partial charge in [0, 0.05) is 6.42 Å². The van der Waals surface area contributed by atoms with Gasteiger partial charge in [0.05, 0.1) is 18.7 Å². The summed E-state index contributed by atoms with van der Waals surface area (Å²) < 4.78 is 33.1. The van der Waals surface area contributed by atoms with Crippen LogP contribution in [0, 0.1) is 0 Å². The van der Waals surface area contributed by atoms with Crippen molar-refractivity contribution in [2.24, 2.45) is 0 Å². The van der Waals surface area contributed by atoms with Gasteiger partial charge in [0.2, 0.25) is 5.89 Å². The number of halogens is 3. The predicted molar refractivity (Wildman–Crippen MR) is 46.6 cm³/mol. The molecule has 1 aromatic rings. The molecule has 0 saturated carbocycles. The van der Waals surface area contributed by atoms with E-state index in [-0.39, 0.29) is 12.5 Å². The van der Waals surface area contributed by atoms with E-state index in [1.54, 1.807) is 0 Å². The molecule has 0 saturated heterocycles. The molecule has 0 N–H and O–H groups in total. The molecule has 0 amide bonds. The number of alkyl halides is 3. The third-order valence-corrected chi connectivity index (χ3v) is 1.68. The van der Waals surface area contributed by atoms with E-state index in [0.29, 0.717) is 18.1 Å². The molecular weight excluding hydrogens is 216 g/mol. The zero-order valence-corrected chi connectivity index (χ0v) is 8.14. The molecule has 80 valence electrons. The van der Waals surface area contributed by atoms with Gasteiger partial charge in [-0.05, 0) is 0 Å². The van der Waals surface area contributed by atoms with E-state index in [9.17, 15) is 8.78 Å². The maximum atomic E-state index is 11.6. The van der Waals surface area contributed by atoms with Crippen molar-refractivity contribution >= 4 is 11.6 Å². The summed E-state index contributed by atoms with van der Waals surface area (Å²) in [5.74, 6) is 1.23.